The lowest BCUT2D eigenvalue weighted by Gasteiger charge is -2.44. The molecular weight excluding hydrogens is 517 g/mol. The quantitative estimate of drug-likeness (QED) is 0.175. The first-order valence-electron chi connectivity index (χ1n) is 12.8. The molecular formula is C29H40FN5O5. The van der Waals surface area contributed by atoms with Gasteiger partial charge in [-0.25, -0.2) is 4.39 Å². The van der Waals surface area contributed by atoms with Crippen LogP contribution in [0.25, 0.3) is 0 Å². The molecule has 1 aliphatic rings. The zero-order valence-electron chi connectivity index (χ0n) is 24.1. The normalized spacial score (nSPS) is 15.8. The van der Waals surface area contributed by atoms with Gasteiger partial charge in [-0.2, -0.15) is 5.01 Å². The van der Waals surface area contributed by atoms with E-state index in [1.807, 2.05) is 13.8 Å². The van der Waals surface area contributed by atoms with Gasteiger partial charge in [-0.1, -0.05) is 44.7 Å². The molecule has 2 N–H and O–H groups in total. The number of ether oxygens (including phenoxy) is 1. The molecule has 0 bridgehead atoms. The van der Waals surface area contributed by atoms with Crippen molar-refractivity contribution in [3.63, 3.8) is 0 Å². The SMILES string of the molecule is C=C/C=C(\C=NC)CN1CN(CCOC)C(=O)/C(=C(\O)C(C)=O)N1/C=C/C(=O)NCc1ccc(C)cc1F.CC. The van der Waals surface area contributed by atoms with Crippen molar-refractivity contribution < 1.29 is 28.6 Å². The van der Waals surface area contributed by atoms with Gasteiger partial charge in [-0.15, -0.1) is 0 Å². The number of hydrogen-bond donors (Lipinski definition) is 2. The fraction of sp³-hybridized carbons (Fsp3) is 0.379. The number of aliphatic hydroxyl groups excluding tert-OH is 1. The smallest absolute Gasteiger partial charge is 0.277 e. The monoisotopic (exact) mass is 557 g/mol. The summed E-state index contributed by atoms with van der Waals surface area (Å²) in [5.41, 5.74) is 1.46. The average molecular weight is 558 g/mol. The molecule has 1 heterocycles. The zero-order valence-corrected chi connectivity index (χ0v) is 24.1. The van der Waals surface area contributed by atoms with Crippen molar-refractivity contribution in [2.24, 2.45) is 4.99 Å². The lowest BCUT2D eigenvalue weighted by Crippen LogP contribution is -2.57. The van der Waals surface area contributed by atoms with E-state index in [-0.39, 0.29) is 38.6 Å². The summed E-state index contributed by atoms with van der Waals surface area (Å²) in [5, 5.41) is 16.1. The molecule has 0 radical (unpaired) electrons. The number of nitrogens with one attached hydrogen (secondary N) is 1. The van der Waals surface area contributed by atoms with Crippen LogP contribution in [-0.4, -0.2) is 84.4 Å². The largest absolute Gasteiger partial charge is 0.503 e. The number of aryl methyl sites for hydroxylation is 1. The fourth-order valence-electron chi connectivity index (χ4n) is 3.60. The summed E-state index contributed by atoms with van der Waals surface area (Å²) in [4.78, 5) is 43.4. The molecule has 2 amide bonds. The number of carbonyl (C=O) groups excluding carboxylic acids is 3. The maximum atomic E-state index is 14.1. The highest BCUT2D eigenvalue weighted by atomic mass is 19.1. The van der Waals surface area contributed by atoms with Crippen LogP contribution in [0.5, 0.6) is 0 Å². The van der Waals surface area contributed by atoms with Crippen molar-refractivity contribution in [3.8, 4) is 0 Å². The minimum atomic E-state index is -0.757. The van der Waals surface area contributed by atoms with Crippen molar-refractivity contribution in [1.82, 2.24) is 20.2 Å². The summed E-state index contributed by atoms with van der Waals surface area (Å²) in [5.74, 6) is -3.10. The van der Waals surface area contributed by atoms with Crippen LogP contribution in [-0.2, 0) is 25.7 Å². The molecule has 40 heavy (non-hydrogen) atoms. The van der Waals surface area contributed by atoms with E-state index in [1.54, 1.807) is 49.5 Å². The number of methoxy groups -OCH3 is 1. The summed E-state index contributed by atoms with van der Waals surface area (Å²) in [7, 11) is 3.10. The van der Waals surface area contributed by atoms with Crippen LogP contribution in [0.15, 0.2) is 71.2 Å². The lowest BCUT2D eigenvalue weighted by molar-refractivity contribution is -0.146. The summed E-state index contributed by atoms with van der Waals surface area (Å²) in [6.07, 6.45) is 7.32. The van der Waals surface area contributed by atoms with Gasteiger partial charge in [0, 0.05) is 64.8 Å². The average Bonchev–Trinajstić information content (AvgIpc) is 2.92. The van der Waals surface area contributed by atoms with E-state index in [0.29, 0.717) is 11.1 Å². The molecule has 218 valence electrons. The van der Waals surface area contributed by atoms with Crippen molar-refractivity contribution in [2.45, 2.75) is 34.2 Å². The van der Waals surface area contributed by atoms with E-state index in [9.17, 15) is 23.9 Å². The molecule has 11 heteroatoms. The van der Waals surface area contributed by atoms with E-state index >= 15 is 0 Å². The zero-order chi connectivity index (χ0) is 30.2. The number of halogens is 1. The molecule has 1 aromatic rings. The van der Waals surface area contributed by atoms with Gasteiger partial charge in [0.05, 0.1) is 13.3 Å². The van der Waals surface area contributed by atoms with Gasteiger partial charge < -0.3 is 20.1 Å². The minimum absolute atomic E-state index is 0.0523. The van der Waals surface area contributed by atoms with Gasteiger partial charge >= 0.3 is 0 Å². The Hall–Kier alpha value is -4.09. The molecule has 1 saturated heterocycles. The Kier molecular flexibility index (Phi) is 14.8. The predicted molar refractivity (Wildman–Crippen MR) is 154 cm³/mol. The topological polar surface area (TPSA) is 115 Å². The molecule has 0 unspecified atom stereocenters. The number of benzene rings is 1. The van der Waals surface area contributed by atoms with Crippen LogP contribution in [0, 0.1) is 12.7 Å². The fourth-order valence-corrected chi connectivity index (χ4v) is 3.60. The number of allylic oxidation sites excluding steroid dienone is 3. The Morgan fingerprint density at radius 2 is 2.00 bits per heavy atom. The molecule has 0 aliphatic carbocycles. The number of hydrazine groups is 1. The van der Waals surface area contributed by atoms with Crippen LogP contribution in [0.1, 0.15) is 31.9 Å². The van der Waals surface area contributed by atoms with Gasteiger partial charge in [-0.3, -0.25) is 24.4 Å². The Morgan fingerprint density at radius 3 is 2.58 bits per heavy atom. The highest BCUT2D eigenvalue weighted by molar-refractivity contribution is 6.03. The van der Waals surface area contributed by atoms with E-state index in [4.69, 9.17) is 4.74 Å². The van der Waals surface area contributed by atoms with Crippen LogP contribution >= 0.6 is 0 Å². The Bertz CT molecular complexity index is 1180. The number of amides is 2. The van der Waals surface area contributed by atoms with Gasteiger partial charge in [0.1, 0.15) is 5.82 Å². The van der Waals surface area contributed by atoms with Crippen LogP contribution in [0.4, 0.5) is 4.39 Å². The number of rotatable bonds is 12. The van der Waals surface area contributed by atoms with Gasteiger partial charge in [0.25, 0.3) is 5.91 Å². The molecule has 1 fully saturated rings. The standard InChI is InChI=1S/C27H34FN5O5.C2H6/c1-6-7-21(15-29-4)17-32-18-31(12-13-38-5)27(37)25(26(36)20(3)34)33(32)11-10-24(35)30-16-22-9-8-19(2)14-23(22)28;1-2/h6-11,14-15,36H,1,12-13,16-18H2,2-5H3,(H,30,35);1-2H3/b11-10+,21-7+,26-25+,29-15?;. The van der Waals surface area contributed by atoms with Crippen molar-refractivity contribution >= 4 is 23.8 Å². The van der Waals surface area contributed by atoms with Crippen molar-refractivity contribution in [1.29, 1.82) is 0 Å². The van der Waals surface area contributed by atoms with Crippen LogP contribution in [0.2, 0.25) is 0 Å². The number of carbonyl (C=O) groups is 3. The van der Waals surface area contributed by atoms with E-state index in [1.165, 1.54) is 29.3 Å². The van der Waals surface area contributed by atoms with Crippen LogP contribution < -0.4 is 5.32 Å². The van der Waals surface area contributed by atoms with E-state index < -0.39 is 29.2 Å². The van der Waals surface area contributed by atoms with Gasteiger partial charge in [0.15, 0.2) is 17.2 Å². The molecule has 10 nitrogen and oxygen atoms in total. The number of aliphatic imine (C=N–C) groups is 1. The number of aliphatic hydroxyl groups is 1. The van der Waals surface area contributed by atoms with Gasteiger partial charge in [0.2, 0.25) is 5.91 Å². The highest BCUT2D eigenvalue weighted by Gasteiger charge is 2.37. The van der Waals surface area contributed by atoms with E-state index in [2.05, 4.69) is 16.9 Å². The predicted octanol–water partition coefficient (Wildman–Crippen LogP) is 3.43. The minimum Gasteiger partial charge on any atom is -0.503 e. The number of Topliss-reactive ketones (excluding diaryl/α,β-unsaturated/α-hetero) is 1. The summed E-state index contributed by atoms with van der Waals surface area (Å²) in [6, 6.07) is 4.70. The van der Waals surface area contributed by atoms with E-state index in [0.717, 1.165) is 18.6 Å². The Labute approximate surface area is 235 Å². The molecule has 1 aliphatic heterocycles. The van der Waals surface area contributed by atoms with Crippen molar-refractivity contribution in [3.05, 3.63) is 83.2 Å². The maximum absolute atomic E-state index is 14.1. The first-order chi connectivity index (χ1) is 19.1. The molecule has 0 aromatic heterocycles. The van der Waals surface area contributed by atoms with Crippen LogP contribution in [0.3, 0.4) is 0 Å². The molecule has 0 saturated carbocycles. The number of ketones is 1. The third-order valence-electron chi connectivity index (χ3n) is 5.50. The summed E-state index contributed by atoms with van der Waals surface area (Å²) >= 11 is 0. The second-order valence-electron chi connectivity index (χ2n) is 8.46. The summed E-state index contributed by atoms with van der Waals surface area (Å²) in [6.45, 7) is 11.2. The Balaban J connectivity index is 0.00000391. The highest BCUT2D eigenvalue weighted by Crippen LogP contribution is 2.24. The first-order valence-corrected chi connectivity index (χ1v) is 12.8. The van der Waals surface area contributed by atoms with Crippen molar-refractivity contribution in [2.75, 3.05) is 40.5 Å². The molecule has 0 atom stereocenters. The Morgan fingerprint density at radius 1 is 1.30 bits per heavy atom. The summed E-state index contributed by atoms with van der Waals surface area (Å²) < 4.78 is 19.2. The molecule has 1 aromatic carbocycles. The number of nitrogens with zero attached hydrogens (tertiary/aromatic N) is 4. The first kappa shape index (κ1) is 33.9. The lowest BCUT2D eigenvalue weighted by atomic mass is 10.1. The third-order valence-corrected chi connectivity index (χ3v) is 5.50. The molecule has 2 rings (SSSR count). The molecule has 0 spiro atoms. The third kappa shape index (κ3) is 9.90. The second-order valence-corrected chi connectivity index (χ2v) is 8.46. The maximum Gasteiger partial charge on any atom is 0.277 e. The second kappa shape index (κ2) is 17.5. The van der Waals surface area contributed by atoms with Gasteiger partial charge in [-0.05, 0) is 24.1 Å². The number of hydrogen-bond acceptors (Lipinski definition) is 8.